The smallest absolute Gasteiger partial charge is 0.193 e. The zero-order chi connectivity index (χ0) is 27.5. The Bertz CT molecular complexity index is 1800. The third kappa shape index (κ3) is 3.42. The van der Waals surface area contributed by atoms with Gasteiger partial charge in [-0.25, -0.2) is 4.67 Å². The summed E-state index contributed by atoms with van der Waals surface area (Å²) in [6.07, 6.45) is 3.25. The van der Waals surface area contributed by atoms with Crippen molar-refractivity contribution in [2.45, 2.75) is 17.3 Å². The maximum atomic E-state index is 16.6. The molecule has 1 aliphatic heterocycles. The number of aliphatic hydroxyl groups is 1. The summed E-state index contributed by atoms with van der Waals surface area (Å²) in [4.78, 5) is 0. The van der Waals surface area contributed by atoms with Crippen LogP contribution in [0.25, 0.3) is 16.8 Å². The second-order valence-electron chi connectivity index (χ2n) is 10.8. The first-order valence-electron chi connectivity index (χ1n) is 13.6. The largest absolute Gasteiger partial charge is 0.387 e. The fourth-order valence-corrected chi connectivity index (χ4v) is 11.7. The van der Waals surface area contributed by atoms with Gasteiger partial charge in [0.2, 0.25) is 0 Å². The van der Waals surface area contributed by atoms with Gasteiger partial charge in [0.25, 0.3) is 0 Å². The maximum Gasteiger partial charge on any atom is 0.193 e. The second kappa shape index (κ2) is 9.58. The molecule has 7 rings (SSSR count). The van der Waals surface area contributed by atoms with Crippen LogP contribution in [-0.4, -0.2) is 16.8 Å². The van der Waals surface area contributed by atoms with Gasteiger partial charge in [0.1, 0.15) is 5.16 Å². The van der Waals surface area contributed by atoms with Crippen LogP contribution in [0.15, 0.2) is 127 Å². The Morgan fingerprint density at radius 2 is 1.50 bits per heavy atom. The van der Waals surface area contributed by atoms with Crippen LogP contribution in [0.4, 0.5) is 0 Å². The number of benzene rings is 5. The molecule has 5 aromatic rings. The Morgan fingerprint density at radius 3 is 2.30 bits per heavy atom. The Morgan fingerprint density at radius 1 is 0.825 bits per heavy atom. The number of hydrogen-bond acceptors (Lipinski definition) is 2. The second-order valence-corrected chi connectivity index (χ2v) is 14.2. The monoisotopic (exact) mass is 561 g/mol. The summed E-state index contributed by atoms with van der Waals surface area (Å²) in [7, 11) is -1.63. The molecule has 0 aromatic heterocycles. The lowest BCUT2D eigenvalue weighted by Gasteiger charge is -2.46. The molecule has 198 valence electrons. The van der Waals surface area contributed by atoms with Crippen molar-refractivity contribution >= 4 is 41.0 Å². The third-order valence-electron chi connectivity index (χ3n) is 8.91. The van der Waals surface area contributed by atoms with E-state index < -0.39 is 18.6 Å². The minimum atomic E-state index is -3.61. The summed E-state index contributed by atoms with van der Waals surface area (Å²) in [5.41, 5.74) is 3.66. The van der Waals surface area contributed by atoms with E-state index in [2.05, 4.69) is 59.3 Å². The van der Waals surface area contributed by atoms with Gasteiger partial charge in [0.15, 0.2) is 7.29 Å². The molecule has 3 nitrogen and oxygen atoms in total. The molecule has 2 aliphatic rings. The molecule has 1 fully saturated rings. The van der Waals surface area contributed by atoms with E-state index in [0.717, 1.165) is 32.8 Å². The first-order valence-corrected chi connectivity index (χ1v) is 15.6. The van der Waals surface area contributed by atoms with Gasteiger partial charge in [0, 0.05) is 22.3 Å². The standard InChI is InChI=1S/C35H29ClNO2P/c1-37-33(26-12-3-2-4-13-26)31-23-20-25-11-6-8-16-30(25)35(31,34(38)27-18-21-28(36)22-19-27)40(37,39)32-17-9-14-24-10-5-7-15-29(24)32/h2-23,31,33-34,38H,1H3/t31-,33+,34+,35-,40?/m1/s1. The first-order chi connectivity index (χ1) is 19.5. The summed E-state index contributed by atoms with van der Waals surface area (Å²) in [5, 5.41) is 14.9. The van der Waals surface area contributed by atoms with Gasteiger partial charge in [-0.05, 0) is 58.3 Å². The van der Waals surface area contributed by atoms with Crippen molar-refractivity contribution in [3.63, 3.8) is 0 Å². The van der Waals surface area contributed by atoms with Crippen LogP contribution >= 0.6 is 18.9 Å². The van der Waals surface area contributed by atoms with Gasteiger partial charge in [-0.15, -0.1) is 0 Å². The molecule has 40 heavy (non-hydrogen) atoms. The predicted molar refractivity (Wildman–Crippen MR) is 165 cm³/mol. The average Bonchev–Trinajstić information content (AvgIpc) is 3.21. The zero-order valence-electron chi connectivity index (χ0n) is 22.1. The predicted octanol–water partition coefficient (Wildman–Crippen LogP) is 8.36. The van der Waals surface area contributed by atoms with Crippen molar-refractivity contribution in [3.8, 4) is 0 Å². The lowest BCUT2D eigenvalue weighted by atomic mass is 9.69. The highest BCUT2D eigenvalue weighted by Crippen LogP contribution is 2.81. The van der Waals surface area contributed by atoms with Gasteiger partial charge in [-0.2, -0.15) is 0 Å². The van der Waals surface area contributed by atoms with E-state index in [1.807, 2.05) is 73.8 Å². The molecule has 1 unspecified atom stereocenters. The maximum absolute atomic E-state index is 16.6. The van der Waals surface area contributed by atoms with Crippen molar-refractivity contribution in [2.75, 3.05) is 7.05 Å². The number of rotatable bonds is 4. The van der Waals surface area contributed by atoms with E-state index in [9.17, 15) is 5.11 Å². The normalized spacial score (nSPS) is 26.4. The molecule has 1 heterocycles. The van der Waals surface area contributed by atoms with Crippen LogP contribution < -0.4 is 5.30 Å². The van der Waals surface area contributed by atoms with Gasteiger partial charge < -0.3 is 9.67 Å². The van der Waals surface area contributed by atoms with E-state index in [1.54, 1.807) is 12.1 Å². The van der Waals surface area contributed by atoms with Crippen molar-refractivity contribution in [1.29, 1.82) is 0 Å². The quantitative estimate of drug-likeness (QED) is 0.224. The summed E-state index contributed by atoms with van der Waals surface area (Å²) in [6, 6.07) is 39.7. The molecular weight excluding hydrogens is 533 g/mol. The fourth-order valence-electron chi connectivity index (χ4n) is 7.23. The summed E-state index contributed by atoms with van der Waals surface area (Å²) in [5.74, 6) is -0.273. The van der Waals surface area contributed by atoms with E-state index in [4.69, 9.17) is 11.6 Å². The Hall–Kier alpha value is -3.46. The van der Waals surface area contributed by atoms with Crippen LogP contribution in [0, 0.1) is 5.92 Å². The molecule has 5 aromatic carbocycles. The van der Waals surface area contributed by atoms with E-state index >= 15 is 4.57 Å². The van der Waals surface area contributed by atoms with Crippen molar-refractivity contribution in [2.24, 2.45) is 5.92 Å². The van der Waals surface area contributed by atoms with Crippen LogP contribution in [0.5, 0.6) is 0 Å². The zero-order valence-corrected chi connectivity index (χ0v) is 23.7. The topological polar surface area (TPSA) is 40.5 Å². The van der Waals surface area contributed by atoms with Crippen LogP contribution in [0.2, 0.25) is 5.02 Å². The highest BCUT2D eigenvalue weighted by Gasteiger charge is 2.70. The van der Waals surface area contributed by atoms with Gasteiger partial charge in [0.05, 0.1) is 6.10 Å². The number of halogens is 1. The van der Waals surface area contributed by atoms with Gasteiger partial charge in [-0.1, -0.05) is 127 Å². The minimum absolute atomic E-state index is 0.224. The molecule has 5 atom stereocenters. The van der Waals surface area contributed by atoms with Gasteiger partial charge in [-0.3, -0.25) is 0 Å². The van der Waals surface area contributed by atoms with Crippen LogP contribution in [0.1, 0.15) is 34.4 Å². The summed E-state index contributed by atoms with van der Waals surface area (Å²) in [6.45, 7) is 0. The number of hydrogen-bond donors (Lipinski definition) is 1. The fraction of sp³-hybridized carbons (Fsp3) is 0.143. The van der Waals surface area contributed by atoms with Crippen molar-refractivity contribution in [1.82, 2.24) is 4.67 Å². The summed E-state index contributed by atoms with van der Waals surface area (Å²) < 4.78 is 18.7. The van der Waals surface area contributed by atoms with E-state index in [-0.39, 0.29) is 12.0 Å². The Kier molecular flexibility index (Phi) is 6.11. The summed E-state index contributed by atoms with van der Waals surface area (Å²) >= 11 is 6.28. The average molecular weight is 562 g/mol. The lowest BCUT2D eigenvalue weighted by molar-refractivity contribution is 0.0981. The van der Waals surface area contributed by atoms with E-state index in [1.165, 1.54) is 0 Å². The van der Waals surface area contributed by atoms with Gasteiger partial charge >= 0.3 is 0 Å². The van der Waals surface area contributed by atoms with E-state index in [0.29, 0.717) is 10.6 Å². The minimum Gasteiger partial charge on any atom is -0.387 e. The Labute approximate surface area is 239 Å². The Balaban J connectivity index is 1.63. The molecule has 1 aliphatic carbocycles. The molecule has 0 spiro atoms. The lowest BCUT2D eigenvalue weighted by Crippen LogP contribution is -2.42. The van der Waals surface area contributed by atoms with Crippen molar-refractivity contribution < 1.29 is 9.67 Å². The third-order valence-corrected chi connectivity index (χ3v) is 13.1. The van der Waals surface area contributed by atoms with Crippen molar-refractivity contribution in [3.05, 3.63) is 155 Å². The SMILES string of the molecule is CN1[C@@H](c2ccccc2)[C@H]2C=Cc3ccccc3[C@@]2([C@@H](O)c2ccc(Cl)cc2)P1(=O)c1cccc2ccccc12. The number of nitrogens with zero attached hydrogens (tertiary/aromatic N) is 1. The van der Waals surface area contributed by atoms with Crippen LogP contribution in [-0.2, 0) is 9.72 Å². The number of aliphatic hydroxyl groups excluding tert-OH is 1. The molecule has 0 radical (unpaired) electrons. The molecule has 0 bridgehead atoms. The molecule has 0 saturated carbocycles. The van der Waals surface area contributed by atoms with Crippen LogP contribution in [0.3, 0.4) is 0 Å². The highest BCUT2D eigenvalue weighted by molar-refractivity contribution is 7.71. The molecule has 5 heteroatoms. The highest BCUT2D eigenvalue weighted by atomic mass is 35.5. The molecule has 0 amide bonds. The molecular formula is C35H29ClNO2P. The molecule has 1 N–H and O–H groups in total. The number of fused-ring (bicyclic) bond motifs is 4. The first kappa shape index (κ1) is 25.5. The molecule has 1 saturated heterocycles.